The highest BCUT2D eigenvalue weighted by Gasteiger charge is 2.29. The Morgan fingerprint density at radius 3 is 1.68 bits per heavy atom. The monoisotopic (exact) mass is 360 g/mol. The molecule has 0 aromatic carbocycles. The molecule has 0 radical (unpaired) electrons. The van der Waals surface area contributed by atoms with E-state index in [0.29, 0.717) is 59.5 Å². The van der Waals surface area contributed by atoms with Crippen molar-refractivity contribution in [2.24, 2.45) is 0 Å². The average molecular weight is 360 g/mol. The molecule has 148 valence electrons. The number of nitrogens with zero attached hydrogens (tertiary/aromatic N) is 2. The number of likely N-dealkylation sites (N-methyl/N-ethyl adjacent to an activating group) is 1. The summed E-state index contributed by atoms with van der Waals surface area (Å²) in [6, 6.07) is 0. The normalized spacial score (nSPS) is 33.6. The first kappa shape index (κ1) is 21.0. The quantitative estimate of drug-likeness (QED) is 0.623. The Morgan fingerprint density at radius 2 is 1.08 bits per heavy atom. The summed E-state index contributed by atoms with van der Waals surface area (Å²) in [5, 5.41) is 0. The first-order valence-electron chi connectivity index (χ1n) is 9.53. The van der Waals surface area contributed by atoms with Gasteiger partial charge in [-0.2, -0.15) is 0 Å². The number of fused-ring (bicyclic) bond motifs is 5. The molecule has 0 aliphatic carbocycles. The maximum Gasteiger partial charge on any atom is 0.0701 e. The lowest BCUT2D eigenvalue weighted by atomic mass is 9.97. The zero-order valence-corrected chi connectivity index (χ0v) is 16.0. The molecule has 2 rings (SSSR count). The van der Waals surface area contributed by atoms with Crippen LogP contribution in [0, 0.1) is 0 Å². The Balaban J connectivity index is 2.00. The van der Waals surface area contributed by atoms with E-state index in [9.17, 15) is 0 Å². The van der Waals surface area contributed by atoms with E-state index in [1.54, 1.807) is 0 Å². The highest BCUT2D eigenvalue weighted by Crippen LogP contribution is 2.19. The second-order valence-corrected chi connectivity index (χ2v) is 7.01. The lowest BCUT2D eigenvalue weighted by molar-refractivity contribution is -0.0338. The predicted molar refractivity (Wildman–Crippen MR) is 96.2 cm³/mol. The average Bonchev–Trinajstić information content (AvgIpc) is 2.61. The maximum absolute atomic E-state index is 6.06. The van der Waals surface area contributed by atoms with E-state index in [1.165, 1.54) is 0 Å². The standard InChI is InChI=1S/C18H36N2O5/c1-18-3-8-21-13-14-23-10-5-20(7-12-25-17-18)6-11-24-16-15-22-9-4-19(18)2/h3-17H2,1-2H3. The van der Waals surface area contributed by atoms with Crippen molar-refractivity contribution in [1.29, 1.82) is 0 Å². The van der Waals surface area contributed by atoms with Crippen LogP contribution in [0.15, 0.2) is 0 Å². The number of hydrogen-bond donors (Lipinski definition) is 0. The van der Waals surface area contributed by atoms with Gasteiger partial charge in [0.15, 0.2) is 0 Å². The minimum Gasteiger partial charge on any atom is -0.379 e. The highest BCUT2D eigenvalue weighted by atomic mass is 16.5. The third-order valence-corrected chi connectivity index (χ3v) is 5.09. The van der Waals surface area contributed by atoms with Gasteiger partial charge >= 0.3 is 0 Å². The van der Waals surface area contributed by atoms with Crippen molar-refractivity contribution >= 4 is 0 Å². The second-order valence-electron chi connectivity index (χ2n) is 7.01. The first-order chi connectivity index (χ1) is 12.2. The van der Waals surface area contributed by atoms with Crippen LogP contribution in [0.5, 0.6) is 0 Å². The molecule has 2 saturated heterocycles. The molecular weight excluding hydrogens is 324 g/mol. The lowest BCUT2D eigenvalue weighted by Gasteiger charge is -2.39. The zero-order valence-electron chi connectivity index (χ0n) is 16.0. The van der Waals surface area contributed by atoms with Crippen molar-refractivity contribution in [2.75, 3.05) is 99.3 Å². The van der Waals surface area contributed by atoms with Crippen LogP contribution in [0.3, 0.4) is 0 Å². The van der Waals surface area contributed by atoms with Gasteiger partial charge in [-0.25, -0.2) is 0 Å². The summed E-state index contributed by atoms with van der Waals surface area (Å²) in [4.78, 5) is 4.67. The van der Waals surface area contributed by atoms with E-state index < -0.39 is 0 Å². The van der Waals surface area contributed by atoms with Gasteiger partial charge in [0.2, 0.25) is 0 Å². The summed E-state index contributed by atoms with van der Waals surface area (Å²) >= 11 is 0. The molecule has 0 amide bonds. The van der Waals surface area contributed by atoms with Crippen molar-refractivity contribution in [1.82, 2.24) is 9.80 Å². The fraction of sp³-hybridized carbons (Fsp3) is 1.00. The summed E-state index contributed by atoms with van der Waals surface area (Å²) in [5.74, 6) is 0. The molecule has 25 heavy (non-hydrogen) atoms. The summed E-state index contributed by atoms with van der Waals surface area (Å²) in [7, 11) is 2.14. The molecule has 0 saturated carbocycles. The SMILES string of the molecule is CN1CCOCCOCCN2CCOCCOCCC1(C)COCC2. The van der Waals surface area contributed by atoms with Crippen molar-refractivity contribution in [3.8, 4) is 0 Å². The van der Waals surface area contributed by atoms with Gasteiger partial charge in [0.1, 0.15) is 0 Å². The largest absolute Gasteiger partial charge is 0.379 e. The lowest BCUT2D eigenvalue weighted by Crippen LogP contribution is -2.50. The molecule has 2 unspecified atom stereocenters. The van der Waals surface area contributed by atoms with Gasteiger partial charge < -0.3 is 23.7 Å². The van der Waals surface area contributed by atoms with Crippen LogP contribution in [0.1, 0.15) is 13.3 Å². The van der Waals surface area contributed by atoms with Crippen molar-refractivity contribution in [2.45, 2.75) is 18.9 Å². The topological polar surface area (TPSA) is 52.6 Å². The van der Waals surface area contributed by atoms with E-state index >= 15 is 0 Å². The van der Waals surface area contributed by atoms with E-state index in [1.807, 2.05) is 0 Å². The van der Waals surface area contributed by atoms with Crippen LogP contribution in [0.4, 0.5) is 0 Å². The molecule has 0 aromatic rings. The van der Waals surface area contributed by atoms with Crippen LogP contribution in [0.2, 0.25) is 0 Å². The molecular formula is C18H36N2O5. The van der Waals surface area contributed by atoms with Gasteiger partial charge in [-0.05, 0) is 20.4 Å². The molecule has 7 nitrogen and oxygen atoms in total. The van der Waals surface area contributed by atoms with E-state index in [-0.39, 0.29) is 5.54 Å². The van der Waals surface area contributed by atoms with E-state index in [2.05, 4.69) is 23.8 Å². The summed E-state index contributed by atoms with van der Waals surface area (Å²) in [6.07, 6.45) is 0.927. The van der Waals surface area contributed by atoms with Crippen LogP contribution in [-0.4, -0.2) is 115 Å². The molecule has 2 atom stereocenters. The molecule has 0 spiro atoms. The van der Waals surface area contributed by atoms with Crippen LogP contribution in [-0.2, 0) is 23.7 Å². The molecule has 0 aromatic heterocycles. The van der Waals surface area contributed by atoms with Crippen LogP contribution < -0.4 is 0 Å². The number of rotatable bonds is 0. The van der Waals surface area contributed by atoms with Gasteiger partial charge in [-0.3, -0.25) is 9.80 Å². The Kier molecular flexibility index (Phi) is 10.2. The number of hydrogen-bond acceptors (Lipinski definition) is 7. The van der Waals surface area contributed by atoms with E-state index in [0.717, 1.165) is 39.2 Å². The van der Waals surface area contributed by atoms with E-state index in [4.69, 9.17) is 23.7 Å². The van der Waals surface area contributed by atoms with Crippen molar-refractivity contribution in [3.05, 3.63) is 0 Å². The van der Waals surface area contributed by atoms with Gasteiger partial charge in [0, 0.05) is 38.3 Å². The van der Waals surface area contributed by atoms with Crippen LogP contribution in [0.25, 0.3) is 0 Å². The number of ether oxygens (including phenoxy) is 5. The Bertz CT molecular complexity index is 347. The molecule has 2 aliphatic heterocycles. The van der Waals surface area contributed by atoms with Crippen molar-refractivity contribution in [3.63, 3.8) is 0 Å². The second kappa shape index (κ2) is 12.2. The van der Waals surface area contributed by atoms with Crippen LogP contribution >= 0.6 is 0 Å². The van der Waals surface area contributed by atoms with Crippen molar-refractivity contribution < 1.29 is 23.7 Å². The Morgan fingerprint density at radius 1 is 0.600 bits per heavy atom. The summed E-state index contributed by atoms with van der Waals surface area (Å²) < 4.78 is 28.9. The van der Waals surface area contributed by atoms with Gasteiger partial charge in [0.25, 0.3) is 0 Å². The molecule has 2 bridgehead atoms. The fourth-order valence-corrected chi connectivity index (χ4v) is 2.99. The van der Waals surface area contributed by atoms with Gasteiger partial charge in [-0.1, -0.05) is 0 Å². The summed E-state index contributed by atoms with van der Waals surface area (Å²) in [5.41, 5.74) is -0.0597. The minimum atomic E-state index is -0.0597. The third-order valence-electron chi connectivity index (χ3n) is 5.09. The fourth-order valence-electron chi connectivity index (χ4n) is 2.99. The molecule has 7 heteroatoms. The molecule has 2 aliphatic rings. The minimum absolute atomic E-state index is 0.0597. The first-order valence-corrected chi connectivity index (χ1v) is 9.53. The zero-order chi connectivity index (χ0) is 17.8. The van der Waals surface area contributed by atoms with Gasteiger partial charge in [-0.15, -0.1) is 0 Å². The molecule has 2 heterocycles. The summed E-state index contributed by atoms with van der Waals surface area (Å²) in [6.45, 7) is 12.7. The maximum atomic E-state index is 6.06. The smallest absolute Gasteiger partial charge is 0.0701 e. The highest BCUT2D eigenvalue weighted by molar-refractivity contribution is 4.84. The third kappa shape index (κ3) is 8.30. The Hall–Kier alpha value is -0.280. The predicted octanol–water partition coefficient (Wildman–Crippen LogP) is 0.479. The Labute approximate surface area is 152 Å². The molecule has 0 N–H and O–H groups in total. The van der Waals surface area contributed by atoms with Gasteiger partial charge in [0.05, 0.1) is 59.5 Å². The molecule has 2 fully saturated rings.